The molecule has 0 fully saturated rings. The van der Waals surface area contributed by atoms with Gasteiger partial charge in [-0.2, -0.15) is 0 Å². The van der Waals surface area contributed by atoms with E-state index >= 15 is 0 Å². The lowest BCUT2D eigenvalue weighted by atomic mass is 10.0. The lowest BCUT2D eigenvalue weighted by Crippen LogP contribution is -2.31. The van der Waals surface area contributed by atoms with E-state index in [1.807, 2.05) is 29.0 Å². The maximum absolute atomic E-state index is 13.0. The van der Waals surface area contributed by atoms with Crippen LogP contribution in [0.1, 0.15) is 28.4 Å². The van der Waals surface area contributed by atoms with Gasteiger partial charge in [0.1, 0.15) is 5.01 Å². The van der Waals surface area contributed by atoms with Crippen LogP contribution in [-0.4, -0.2) is 26.4 Å². The second kappa shape index (κ2) is 10.5. The normalized spacial score (nSPS) is 13.1. The summed E-state index contributed by atoms with van der Waals surface area (Å²) in [7, 11) is -8.06. The van der Waals surface area contributed by atoms with Crippen LogP contribution in [0.2, 0.25) is 0 Å². The molecule has 0 radical (unpaired) electrons. The Bertz CT molecular complexity index is 1430. The molecule has 0 spiro atoms. The third kappa shape index (κ3) is 7.05. The van der Waals surface area contributed by atoms with E-state index in [1.165, 1.54) is 11.3 Å². The molecule has 4 aromatic rings. The number of thiazole rings is 1. The molecule has 178 valence electrons. The van der Waals surface area contributed by atoms with Gasteiger partial charge in [-0.3, -0.25) is 0 Å². The van der Waals surface area contributed by atoms with E-state index < -0.39 is 31.9 Å². The molecule has 0 saturated carbocycles. The molecule has 0 unspecified atom stereocenters. The zero-order valence-corrected chi connectivity index (χ0v) is 21.1. The number of rotatable bonds is 10. The van der Waals surface area contributed by atoms with Gasteiger partial charge in [0.2, 0.25) is 10.0 Å². The van der Waals surface area contributed by atoms with Gasteiger partial charge in [-0.25, -0.2) is 26.5 Å². The summed E-state index contributed by atoms with van der Waals surface area (Å²) in [5, 5.41) is 4.62. The van der Waals surface area contributed by atoms with Crippen molar-refractivity contribution < 1.29 is 21.4 Å². The number of sulfonamides is 1. The zero-order valence-electron chi connectivity index (χ0n) is 17.8. The molecule has 7 nitrogen and oxygen atoms in total. The first kappa shape index (κ1) is 24.7. The highest BCUT2D eigenvalue weighted by Gasteiger charge is 2.23. The fourth-order valence-electron chi connectivity index (χ4n) is 3.43. The van der Waals surface area contributed by atoms with Crippen molar-refractivity contribution in [1.82, 2.24) is 9.71 Å². The van der Waals surface area contributed by atoms with Gasteiger partial charge in [0.05, 0.1) is 38.2 Å². The molecule has 2 aromatic carbocycles. The first-order valence-corrected chi connectivity index (χ1v) is 15.2. The molecule has 4 rings (SSSR count). The van der Waals surface area contributed by atoms with Crippen LogP contribution < -0.4 is 4.72 Å². The van der Waals surface area contributed by atoms with Crippen LogP contribution in [0.5, 0.6) is 0 Å². The Morgan fingerprint density at radius 2 is 1.50 bits per heavy atom. The van der Waals surface area contributed by atoms with Crippen LogP contribution in [0, 0.1) is 0 Å². The monoisotopic (exact) mass is 533 g/mol. The molecule has 0 bridgehead atoms. The summed E-state index contributed by atoms with van der Waals surface area (Å²) in [5.74, 6) is -0.747. The predicted octanol–water partition coefficient (Wildman–Crippen LogP) is 4.32. The minimum atomic E-state index is -4.38. The first-order chi connectivity index (χ1) is 16.2. The van der Waals surface area contributed by atoms with Crippen molar-refractivity contribution in [2.45, 2.75) is 24.0 Å². The van der Waals surface area contributed by atoms with E-state index in [2.05, 4.69) is 9.71 Å². The average molecular weight is 534 g/mol. The van der Waals surface area contributed by atoms with Crippen molar-refractivity contribution in [1.29, 1.82) is 0 Å². The van der Waals surface area contributed by atoms with E-state index in [0.29, 0.717) is 23.2 Å². The summed E-state index contributed by atoms with van der Waals surface area (Å²) >= 11 is 3.01. The van der Waals surface area contributed by atoms with Crippen molar-refractivity contribution in [3.63, 3.8) is 0 Å². The van der Waals surface area contributed by atoms with Gasteiger partial charge >= 0.3 is 0 Å². The van der Waals surface area contributed by atoms with Crippen LogP contribution in [-0.2, 0) is 38.1 Å². The third-order valence-corrected chi connectivity index (χ3v) is 8.88. The van der Waals surface area contributed by atoms with Crippen molar-refractivity contribution >= 4 is 42.8 Å². The number of benzene rings is 2. The van der Waals surface area contributed by atoms with Gasteiger partial charge in [-0.05, 0) is 34.6 Å². The van der Waals surface area contributed by atoms with E-state index in [4.69, 9.17) is 0 Å². The highest BCUT2D eigenvalue weighted by Crippen LogP contribution is 2.31. The van der Waals surface area contributed by atoms with Gasteiger partial charge in [-0.1, -0.05) is 60.7 Å². The Kier molecular flexibility index (Phi) is 7.60. The molecule has 11 heteroatoms. The Labute approximate surface area is 207 Å². The molecular formula is C23H21N2O5S4-. The average Bonchev–Trinajstić information content (AvgIpc) is 3.46. The first-order valence-electron chi connectivity index (χ1n) is 10.2. The minimum absolute atomic E-state index is 0.160. The molecule has 1 N–H and O–H groups in total. The second-order valence-corrected chi connectivity index (χ2v) is 12.7. The zero-order chi connectivity index (χ0) is 24.2. The highest BCUT2D eigenvalue weighted by molar-refractivity contribution is 7.88. The van der Waals surface area contributed by atoms with E-state index in [9.17, 15) is 21.4 Å². The third-order valence-electron chi connectivity index (χ3n) is 4.94. The lowest BCUT2D eigenvalue weighted by molar-refractivity contribution is 0.462. The van der Waals surface area contributed by atoms with Crippen molar-refractivity contribution in [3.05, 3.63) is 99.9 Å². The van der Waals surface area contributed by atoms with Crippen LogP contribution in [0.4, 0.5) is 0 Å². The summed E-state index contributed by atoms with van der Waals surface area (Å²) in [4.78, 5) is 5.69. The van der Waals surface area contributed by atoms with Gasteiger partial charge in [0, 0.05) is 5.38 Å². The minimum Gasteiger partial charge on any atom is -0.748 e. The summed E-state index contributed by atoms with van der Waals surface area (Å²) < 4.78 is 61.8. The molecule has 2 aromatic heterocycles. The fourth-order valence-corrected chi connectivity index (χ4v) is 7.07. The molecule has 0 aliphatic heterocycles. The Balaban J connectivity index is 1.59. The molecule has 2 heterocycles. The van der Waals surface area contributed by atoms with Gasteiger partial charge < -0.3 is 4.55 Å². The number of nitrogens with one attached hydrogen (secondary N) is 1. The maximum Gasteiger partial charge on any atom is 0.216 e. The van der Waals surface area contributed by atoms with Crippen molar-refractivity contribution in [3.8, 4) is 9.88 Å². The number of nitrogens with zero attached hydrogens (tertiary/aromatic N) is 1. The predicted molar refractivity (Wildman–Crippen MR) is 134 cm³/mol. The van der Waals surface area contributed by atoms with E-state index in [0.717, 1.165) is 15.4 Å². The molecule has 0 amide bonds. The Hall–Kier alpha value is -2.41. The molecule has 1 atom stereocenters. The van der Waals surface area contributed by atoms with Gasteiger partial charge in [-0.15, -0.1) is 22.7 Å². The summed E-state index contributed by atoms with van der Waals surface area (Å²) in [5.41, 5.74) is 2.45. The van der Waals surface area contributed by atoms with Crippen LogP contribution >= 0.6 is 22.7 Å². The molecule has 0 saturated heterocycles. The van der Waals surface area contributed by atoms with E-state index in [-0.39, 0.29) is 5.75 Å². The number of thiophene rings is 1. The number of hydrogen-bond donors (Lipinski definition) is 1. The van der Waals surface area contributed by atoms with Crippen LogP contribution in [0.25, 0.3) is 9.88 Å². The van der Waals surface area contributed by atoms with Crippen LogP contribution in [0.3, 0.4) is 0 Å². The quantitative estimate of drug-likeness (QED) is 0.304. The lowest BCUT2D eigenvalue weighted by Gasteiger charge is -2.18. The maximum atomic E-state index is 13.0. The van der Waals surface area contributed by atoms with Crippen molar-refractivity contribution in [2.24, 2.45) is 0 Å². The largest absolute Gasteiger partial charge is 0.748 e. The molecule has 0 aliphatic rings. The summed E-state index contributed by atoms with van der Waals surface area (Å²) in [6, 6.07) is 18.7. The SMILES string of the molecule is O=S(=O)([O-])Cc1ccc(C[C@H](NS(=O)(=O)Cc2ccccc2)c2csc(-c3cccs3)n2)cc1. The number of hydrogen-bond acceptors (Lipinski definition) is 8. The van der Waals surface area contributed by atoms with Crippen molar-refractivity contribution in [2.75, 3.05) is 0 Å². The van der Waals surface area contributed by atoms with E-state index in [1.54, 1.807) is 59.9 Å². The molecule has 34 heavy (non-hydrogen) atoms. The van der Waals surface area contributed by atoms with Gasteiger partial charge in [0.25, 0.3) is 0 Å². The van der Waals surface area contributed by atoms with Gasteiger partial charge in [0.15, 0.2) is 0 Å². The number of aromatic nitrogens is 1. The second-order valence-electron chi connectivity index (χ2n) is 7.69. The molecule has 0 aliphatic carbocycles. The topological polar surface area (TPSA) is 116 Å². The highest BCUT2D eigenvalue weighted by atomic mass is 32.2. The molecular weight excluding hydrogens is 513 g/mol. The Morgan fingerprint density at radius 3 is 2.15 bits per heavy atom. The standard InChI is InChI=1S/C23H22N2O5S4/c26-33(27,15-18-5-2-1-3-6-18)25-20(21-14-32-23(24-21)22-7-4-12-31-22)13-17-8-10-19(11-9-17)16-34(28,29)30/h1-12,14,20,25H,13,15-16H2,(H,28,29,30)/p-1/t20-/m0/s1. The summed E-state index contributed by atoms with van der Waals surface area (Å²) in [6.45, 7) is 0. The summed E-state index contributed by atoms with van der Waals surface area (Å²) in [6.07, 6.45) is 0.312. The Morgan fingerprint density at radius 1 is 0.824 bits per heavy atom. The van der Waals surface area contributed by atoms with Crippen LogP contribution in [0.15, 0.2) is 77.5 Å². The smallest absolute Gasteiger partial charge is 0.216 e. The fraction of sp³-hybridized carbons (Fsp3) is 0.174.